The molecule has 1 nitrogen and oxygen atoms in total. The van der Waals surface area contributed by atoms with Crippen LogP contribution in [-0.4, -0.2) is 7.11 Å². The molecule has 0 saturated heterocycles. The number of para-hydroxylation sites is 1. The van der Waals surface area contributed by atoms with Gasteiger partial charge in [-0.3, -0.25) is 0 Å². The van der Waals surface area contributed by atoms with Crippen LogP contribution in [0.5, 0.6) is 5.75 Å². The second-order valence-corrected chi connectivity index (χ2v) is 8.49. The fourth-order valence-corrected chi connectivity index (χ4v) is 5.32. The number of ether oxygens (including phenoxy) is 1. The normalized spacial score (nSPS) is 12.1. The maximum absolute atomic E-state index is 5.95. The molecule has 5 aromatic carbocycles. The van der Waals surface area contributed by atoms with Crippen molar-refractivity contribution in [1.29, 1.82) is 0 Å². The highest BCUT2D eigenvalue weighted by Crippen LogP contribution is 2.54. The second-order valence-electron chi connectivity index (χ2n) is 8.49. The number of rotatable bonds is 7. The Balaban J connectivity index is 1.97. The van der Waals surface area contributed by atoms with Crippen LogP contribution in [0.4, 0.5) is 0 Å². The molecule has 0 amide bonds. The smallest absolute Gasteiger partial charge is 0.122 e. The van der Waals surface area contributed by atoms with Crippen molar-refractivity contribution < 1.29 is 4.74 Å². The Hall–Kier alpha value is -4.10. The van der Waals surface area contributed by atoms with Crippen LogP contribution >= 0.6 is 0 Å². The van der Waals surface area contributed by atoms with Gasteiger partial charge in [0.05, 0.1) is 12.5 Å². The molecule has 0 spiro atoms. The molecule has 166 valence electrons. The van der Waals surface area contributed by atoms with Gasteiger partial charge in [0.2, 0.25) is 0 Å². The fourth-order valence-electron chi connectivity index (χ4n) is 5.32. The summed E-state index contributed by atoms with van der Waals surface area (Å²) in [6.07, 6.45) is 0. The second kappa shape index (κ2) is 9.80. The van der Waals surface area contributed by atoms with Gasteiger partial charge in [0.25, 0.3) is 0 Å². The van der Waals surface area contributed by atoms with E-state index in [0.717, 1.165) is 11.3 Å². The molecule has 0 N–H and O–H groups in total. The number of benzene rings is 5. The van der Waals surface area contributed by atoms with E-state index in [-0.39, 0.29) is 5.92 Å². The predicted molar refractivity (Wildman–Crippen MR) is 140 cm³/mol. The highest BCUT2D eigenvalue weighted by molar-refractivity contribution is 5.60. The summed E-state index contributed by atoms with van der Waals surface area (Å²) in [5.74, 6) is 0.862. The number of hydrogen-bond acceptors (Lipinski definition) is 1. The van der Waals surface area contributed by atoms with Crippen molar-refractivity contribution in [3.8, 4) is 5.75 Å². The van der Waals surface area contributed by atoms with Crippen molar-refractivity contribution in [1.82, 2.24) is 0 Å². The molecule has 1 atom stereocenters. The topological polar surface area (TPSA) is 9.23 Å². The Morgan fingerprint density at radius 3 is 1.29 bits per heavy atom. The van der Waals surface area contributed by atoms with Crippen molar-refractivity contribution in [2.24, 2.45) is 0 Å². The first-order valence-electron chi connectivity index (χ1n) is 11.7. The monoisotopic (exact) mass is 440 g/mol. The van der Waals surface area contributed by atoms with Gasteiger partial charge in [-0.2, -0.15) is 0 Å². The van der Waals surface area contributed by atoms with Crippen LogP contribution in [0, 0.1) is 0 Å². The molecule has 5 rings (SSSR count). The molecule has 5 aromatic rings. The molecule has 1 heteroatoms. The largest absolute Gasteiger partial charge is 0.496 e. The molecule has 0 saturated carbocycles. The third-order valence-corrected chi connectivity index (χ3v) is 6.70. The Kier molecular flexibility index (Phi) is 6.27. The van der Waals surface area contributed by atoms with Crippen LogP contribution in [0.15, 0.2) is 146 Å². The van der Waals surface area contributed by atoms with E-state index in [1.54, 1.807) is 7.11 Å². The van der Waals surface area contributed by atoms with E-state index < -0.39 is 5.41 Å². The zero-order valence-corrected chi connectivity index (χ0v) is 19.3. The minimum absolute atomic E-state index is 0.0305. The van der Waals surface area contributed by atoms with Gasteiger partial charge < -0.3 is 4.74 Å². The van der Waals surface area contributed by atoms with Crippen molar-refractivity contribution in [2.75, 3.05) is 7.11 Å². The summed E-state index contributed by atoms with van der Waals surface area (Å²) in [5.41, 5.74) is 5.64. The van der Waals surface area contributed by atoms with Crippen molar-refractivity contribution >= 4 is 0 Å². The minimum Gasteiger partial charge on any atom is -0.496 e. The molecule has 0 aliphatic rings. The Labute approximate surface area is 202 Å². The zero-order valence-electron chi connectivity index (χ0n) is 19.3. The highest BCUT2D eigenvalue weighted by atomic mass is 16.5. The summed E-state index contributed by atoms with van der Waals surface area (Å²) in [4.78, 5) is 0. The van der Waals surface area contributed by atoms with Gasteiger partial charge in [-0.1, -0.05) is 140 Å². The van der Waals surface area contributed by atoms with Crippen LogP contribution in [0.2, 0.25) is 0 Å². The lowest BCUT2D eigenvalue weighted by molar-refractivity contribution is 0.400. The van der Waals surface area contributed by atoms with Gasteiger partial charge in [0.1, 0.15) is 5.75 Å². The van der Waals surface area contributed by atoms with Crippen LogP contribution < -0.4 is 4.74 Å². The van der Waals surface area contributed by atoms with Crippen molar-refractivity contribution in [3.63, 3.8) is 0 Å². The van der Waals surface area contributed by atoms with Crippen LogP contribution in [0.1, 0.15) is 33.7 Å². The first-order valence-corrected chi connectivity index (χ1v) is 11.7. The van der Waals surface area contributed by atoms with Gasteiger partial charge >= 0.3 is 0 Å². The summed E-state index contributed by atoms with van der Waals surface area (Å²) in [6, 6.07) is 51.9. The average molecular weight is 441 g/mol. The molecular formula is C33H28O. The minimum atomic E-state index is -0.486. The molecule has 0 aromatic heterocycles. The van der Waals surface area contributed by atoms with Crippen LogP contribution in [0.25, 0.3) is 0 Å². The van der Waals surface area contributed by atoms with E-state index in [1.807, 2.05) is 6.07 Å². The van der Waals surface area contributed by atoms with Crippen LogP contribution in [-0.2, 0) is 5.41 Å². The lowest BCUT2D eigenvalue weighted by atomic mass is 9.58. The lowest BCUT2D eigenvalue weighted by Gasteiger charge is -2.44. The Morgan fingerprint density at radius 2 is 0.853 bits per heavy atom. The van der Waals surface area contributed by atoms with Crippen molar-refractivity contribution in [3.05, 3.63) is 173 Å². The van der Waals surface area contributed by atoms with Crippen molar-refractivity contribution in [2.45, 2.75) is 11.3 Å². The average Bonchev–Trinajstić information content (AvgIpc) is 2.93. The summed E-state index contributed by atoms with van der Waals surface area (Å²) in [6.45, 7) is 0. The number of hydrogen-bond donors (Lipinski definition) is 0. The van der Waals surface area contributed by atoms with E-state index in [0.29, 0.717) is 0 Å². The summed E-state index contributed by atoms with van der Waals surface area (Å²) < 4.78 is 5.95. The first kappa shape index (κ1) is 21.7. The molecule has 0 radical (unpaired) electrons. The first-order chi connectivity index (χ1) is 16.9. The number of methoxy groups -OCH3 is 1. The maximum atomic E-state index is 5.95. The van der Waals surface area contributed by atoms with Gasteiger partial charge in [-0.15, -0.1) is 0 Å². The Morgan fingerprint density at radius 1 is 0.471 bits per heavy atom. The SMILES string of the molecule is COc1ccccc1[C@@H](c1ccccc1)C(c1ccccc1)(c1ccccc1)c1ccccc1. The third kappa shape index (κ3) is 3.80. The molecule has 34 heavy (non-hydrogen) atoms. The van der Waals surface area contributed by atoms with Gasteiger partial charge in [-0.05, 0) is 28.3 Å². The van der Waals surface area contributed by atoms with E-state index in [4.69, 9.17) is 4.74 Å². The predicted octanol–water partition coefficient (Wildman–Crippen LogP) is 7.86. The lowest BCUT2D eigenvalue weighted by Crippen LogP contribution is -2.37. The fraction of sp³-hybridized carbons (Fsp3) is 0.0909. The highest BCUT2D eigenvalue weighted by Gasteiger charge is 2.46. The quantitative estimate of drug-likeness (QED) is 0.234. The third-order valence-electron chi connectivity index (χ3n) is 6.70. The molecule has 0 aliphatic heterocycles. The standard InChI is InChI=1S/C33H28O/c1-34-31-25-15-14-24-30(31)32(26-16-6-2-7-17-26)33(27-18-8-3-9-19-27,28-20-10-4-11-21-28)29-22-12-5-13-23-29/h2-25,32H,1H3/t32-/m1/s1. The van der Waals surface area contributed by atoms with Gasteiger partial charge in [0, 0.05) is 11.5 Å². The molecule has 0 heterocycles. The molecule has 0 bridgehead atoms. The molecule has 0 aliphatic carbocycles. The van der Waals surface area contributed by atoms with E-state index >= 15 is 0 Å². The van der Waals surface area contributed by atoms with Gasteiger partial charge in [-0.25, -0.2) is 0 Å². The summed E-state index contributed by atoms with van der Waals surface area (Å²) in [7, 11) is 1.76. The molecule has 0 unspecified atom stereocenters. The van der Waals surface area contributed by atoms with E-state index in [2.05, 4.69) is 140 Å². The zero-order chi connectivity index (χ0) is 23.2. The Bertz CT molecular complexity index is 1220. The van der Waals surface area contributed by atoms with E-state index in [9.17, 15) is 0 Å². The molecular weight excluding hydrogens is 412 g/mol. The summed E-state index contributed by atoms with van der Waals surface area (Å²) >= 11 is 0. The molecule has 0 fully saturated rings. The maximum Gasteiger partial charge on any atom is 0.122 e. The summed E-state index contributed by atoms with van der Waals surface area (Å²) in [5, 5.41) is 0. The van der Waals surface area contributed by atoms with Gasteiger partial charge in [0.15, 0.2) is 0 Å². The van der Waals surface area contributed by atoms with Crippen LogP contribution in [0.3, 0.4) is 0 Å². The van der Waals surface area contributed by atoms with E-state index in [1.165, 1.54) is 22.3 Å².